The Balaban J connectivity index is 1.49. The molecule has 0 radical (unpaired) electrons. The van der Waals surface area contributed by atoms with Crippen LogP contribution in [-0.2, 0) is 9.59 Å². The molecule has 0 spiro atoms. The van der Waals surface area contributed by atoms with Crippen LogP contribution in [0.2, 0.25) is 0 Å². The zero-order chi connectivity index (χ0) is 20.4. The van der Waals surface area contributed by atoms with Gasteiger partial charge >= 0.3 is 0 Å². The predicted octanol–water partition coefficient (Wildman–Crippen LogP) is 1.44. The van der Waals surface area contributed by atoms with Crippen molar-refractivity contribution >= 4 is 39.7 Å². The molecule has 1 atom stereocenters. The average Bonchev–Trinajstić information content (AvgIpc) is 3.34. The molecule has 1 unspecified atom stereocenters. The molecule has 2 N–H and O–H groups in total. The summed E-state index contributed by atoms with van der Waals surface area (Å²) in [6.45, 7) is 2.68. The summed E-state index contributed by atoms with van der Waals surface area (Å²) in [5.74, 6) is -1.16. The van der Waals surface area contributed by atoms with Crippen LogP contribution >= 0.6 is 11.3 Å². The molecule has 10 heteroatoms. The molecule has 0 aliphatic carbocycles. The monoisotopic (exact) mass is 416 g/mol. The van der Waals surface area contributed by atoms with Gasteiger partial charge in [-0.3, -0.25) is 14.6 Å². The number of carbonyl (C=O) groups excluding carboxylic acids is 2. The van der Waals surface area contributed by atoms with E-state index in [-0.39, 0.29) is 12.3 Å². The maximum absolute atomic E-state index is 13.2. The number of amides is 2. The van der Waals surface area contributed by atoms with Crippen molar-refractivity contribution in [1.82, 2.24) is 9.88 Å². The van der Waals surface area contributed by atoms with Gasteiger partial charge in [0.1, 0.15) is 17.6 Å². The van der Waals surface area contributed by atoms with E-state index < -0.39 is 17.8 Å². The molecule has 2 aliphatic heterocycles. The number of hydrazone groups is 1. The standard InChI is InChI=1S/C19H21FN6O2S/c20-13-2-4-14(5-3-13)26-16(17(21)27)12-15(23-26)18(28)24-7-1-8-25(10-9-24)19-22-6-11-29-19/h2-6,11,16H,1,7-10,12H2,(H2,21,27). The fraction of sp³-hybridized carbons (Fsp3) is 0.368. The highest BCUT2D eigenvalue weighted by molar-refractivity contribution is 7.13. The summed E-state index contributed by atoms with van der Waals surface area (Å²) in [6, 6.07) is 4.83. The number of hydrogen-bond acceptors (Lipinski definition) is 7. The van der Waals surface area contributed by atoms with Gasteiger partial charge in [-0.15, -0.1) is 11.3 Å². The molecule has 2 amide bonds. The topological polar surface area (TPSA) is 95.1 Å². The number of hydrogen-bond donors (Lipinski definition) is 1. The number of halogens is 1. The first kappa shape index (κ1) is 19.3. The number of aromatic nitrogens is 1. The van der Waals surface area contributed by atoms with E-state index in [1.54, 1.807) is 22.4 Å². The molecule has 1 aromatic heterocycles. The summed E-state index contributed by atoms with van der Waals surface area (Å²) < 4.78 is 13.2. The van der Waals surface area contributed by atoms with Crippen molar-refractivity contribution in [2.75, 3.05) is 36.1 Å². The number of thiazole rings is 1. The minimum absolute atomic E-state index is 0.137. The van der Waals surface area contributed by atoms with Crippen molar-refractivity contribution in [3.63, 3.8) is 0 Å². The molecule has 0 saturated carbocycles. The molecular formula is C19H21FN6O2S. The number of benzene rings is 1. The smallest absolute Gasteiger partial charge is 0.270 e. The lowest BCUT2D eigenvalue weighted by Gasteiger charge is -2.21. The number of nitrogens with zero attached hydrogens (tertiary/aromatic N) is 5. The Bertz CT molecular complexity index is 917. The van der Waals surface area contributed by atoms with Crippen LogP contribution in [0.25, 0.3) is 0 Å². The number of rotatable bonds is 4. The minimum Gasteiger partial charge on any atom is -0.368 e. The zero-order valence-corrected chi connectivity index (χ0v) is 16.5. The van der Waals surface area contributed by atoms with Gasteiger partial charge < -0.3 is 15.5 Å². The summed E-state index contributed by atoms with van der Waals surface area (Å²) in [4.78, 5) is 33.3. The van der Waals surface area contributed by atoms with E-state index in [9.17, 15) is 14.0 Å². The lowest BCUT2D eigenvalue weighted by atomic mass is 10.1. The van der Waals surface area contributed by atoms with Gasteiger partial charge in [0.05, 0.1) is 5.69 Å². The fourth-order valence-corrected chi connectivity index (χ4v) is 4.26. The Morgan fingerprint density at radius 1 is 1.14 bits per heavy atom. The average molecular weight is 416 g/mol. The van der Waals surface area contributed by atoms with Crippen LogP contribution in [0.5, 0.6) is 0 Å². The third-order valence-electron chi connectivity index (χ3n) is 5.05. The van der Waals surface area contributed by atoms with Crippen LogP contribution in [-0.4, -0.2) is 59.6 Å². The highest BCUT2D eigenvalue weighted by atomic mass is 32.1. The lowest BCUT2D eigenvalue weighted by molar-refractivity contribution is -0.124. The molecule has 0 bridgehead atoms. The molecule has 29 heavy (non-hydrogen) atoms. The van der Waals surface area contributed by atoms with E-state index in [0.717, 1.165) is 18.1 Å². The largest absolute Gasteiger partial charge is 0.368 e. The summed E-state index contributed by atoms with van der Waals surface area (Å²) in [5.41, 5.74) is 6.34. The van der Waals surface area contributed by atoms with Gasteiger partial charge in [0.15, 0.2) is 5.13 Å². The fourth-order valence-electron chi connectivity index (χ4n) is 3.56. The molecule has 1 saturated heterocycles. The number of carbonyl (C=O) groups is 2. The van der Waals surface area contributed by atoms with Crippen molar-refractivity contribution in [2.24, 2.45) is 10.8 Å². The highest BCUT2D eigenvalue weighted by Gasteiger charge is 2.36. The van der Waals surface area contributed by atoms with Gasteiger partial charge in [0.25, 0.3) is 5.91 Å². The second-order valence-corrected chi connectivity index (χ2v) is 7.81. The Labute approximate surface area is 171 Å². The Hall–Kier alpha value is -3.01. The Morgan fingerprint density at radius 2 is 1.93 bits per heavy atom. The van der Waals surface area contributed by atoms with Gasteiger partial charge in [0.2, 0.25) is 5.91 Å². The first-order valence-electron chi connectivity index (χ1n) is 9.38. The molecule has 2 aromatic rings. The molecule has 152 valence electrons. The van der Waals surface area contributed by atoms with Crippen molar-refractivity contribution < 1.29 is 14.0 Å². The molecule has 3 heterocycles. The van der Waals surface area contributed by atoms with E-state index in [1.807, 2.05) is 5.38 Å². The van der Waals surface area contributed by atoms with Crippen LogP contribution in [0, 0.1) is 5.82 Å². The quantitative estimate of drug-likeness (QED) is 0.814. The Morgan fingerprint density at radius 3 is 2.62 bits per heavy atom. The van der Waals surface area contributed by atoms with Crippen molar-refractivity contribution in [3.05, 3.63) is 41.7 Å². The third-order valence-corrected chi connectivity index (χ3v) is 5.88. The zero-order valence-electron chi connectivity index (χ0n) is 15.7. The van der Waals surface area contributed by atoms with E-state index >= 15 is 0 Å². The molecule has 8 nitrogen and oxygen atoms in total. The second kappa shape index (κ2) is 8.16. The Kier molecular flexibility index (Phi) is 5.43. The van der Waals surface area contributed by atoms with Gasteiger partial charge in [-0.25, -0.2) is 9.37 Å². The second-order valence-electron chi connectivity index (χ2n) is 6.94. The summed E-state index contributed by atoms with van der Waals surface area (Å²) in [6.07, 6.45) is 2.73. The molecule has 4 rings (SSSR count). The molecule has 1 aromatic carbocycles. The maximum atomic E-state index is 13.2. The maximum Gasteiger partial charge on any atom is 0.270 e. The predicted molar refractivity (Wildman–Crippen MR) is 109 cm³/mol. The van der Waals surface area contributed by atoms with Crippen LogP contribution in [0.1, 0.15) is 12.8 Å². The van der Waals surface area contributed by atoms with Gasteiger partial charge in [-0.1, -0.05) is 0 Å². The summed E-state index contributed by atoms with van der Waals surface area (Å²) in [5, 5.41) is 8.68. The van der Waals surface area contributed by atoms with Crippen LogP contribution in [0.3, 0.4) is 0 Å². The normalized spacial score (nSPS) is 19.8. The summed E-state index contributed by atoms with van der Waals surface area (Å²) in [7, 11) is 0. The SMILES string of the molecule is NC(=O)C1CC(C(=O)N2CCCN(c3nccs3)CC2)=NN1c1ccc(F)cc1. The summed E-state index contributed by atoms with van der Waals surface area (Å²) >= 11 is 1.58. The molecule has 1 fully saturated rings. The van der Waals surface area contributed by atoms with Gasteiger partial charge in [-0.2, -0.15) is 5.10 Å². The van der Waals surface area contributed by atoms with E-state index in [1.165, 1.54) is 29.3 Å². The first-order chi connectivity index (χ1) is 14.0. The van der Waals surface area contributed by atoms with E-state index in [0.29, 0.717) is 31.0 Å². The minimum atomic E-state index is -0.766. The van der Waals surface area contributed by atoms with Crippen molar-refractivity contribution in [2.45, 2.75) is 18.9 Å². The van der Waals surface area contributed by atoms with E-state index in [2.05, 4.69) is 15.0 Å². The third kappa shape index (κ3) is 4.07. The van der Waals surface area contributed by atoms with Crippen molar-refractivity contribution in [3.8, 4) is 0 Å². The lowest BCUT2D eigenvalue weighted by Crippen LogP contribution is -2.41. The van der Waals surface area contributed by atoms with Crippen LogP contribution in [0.4, 0.5) is 15.2 Å². The van der Waals surface area contributed by atoms with Gasteiger partial charge in [0, 0.05) is 44.2 Å². The van der Waals surface area contributed by atoms with Crippen LogP contribution < -0.4 is 15.6 Å². The highest BCUT2D eigenvalue weighted by Crippen LogP contribution is 2.26. The first-order valence-corrected chi connectivity index (χ1v) is 10.3. The number of anilines is 2. The van der Waals surface area contributed by atoms with Gasteiger partial charge in [-0.05, 0) is 30.7 Å². The molecule has 2 aliphatic rings. The van der Waals surface area contributed by atoms with Crippen LogP contribution in [0.15, 0.2) is 40.9 Å². The van der Waals surface area contributed by atoms with Crippen molar-refractivity contribution in [1.29, 1.82) is 0 Å². The number of nitrogens with two attached hydrogens (primary N) is 1. The number of primary amides is 1. The molecular weight excluding hydrogens is 395 g/mol. The van der Waals surface area contributed by atoms with E-state index in [4.69, 9.17) is 5.73 Å².